The number of amides is 2. The molecule has 0 aliphatic carbocycles. The number of nitrogens with one attached hydrogen (secondary N) is 1. The van der Waals surface area contributed by atoms with E-state index in [-0.39, 0.29) is 24.3 Å². The third-order valence-electron chi connectivity index (χ3n) is 6.52. The molecule has 2 aliphatic heterocycles. The van der Waals surface area contributed by atoms with Crippen LogP contribution >= 0.6 is 0 Å². The Bertz CT molecular complexity index is 948. The number of ether oxygens (including phenoxy) is 2. The minimum absolute atomic E-state index is 0.155. The number of aryl methyl sites for hydroxylation is 2. The van der Waals surface area contributed by atoms with E-state index in [0.717, 1.165) is 50.3 Å². The minimum atomic E-state index is -0.309. The average Bonchev–Trinajstić information content (AvgIpc) is 3.34. The standard InChI is InChI=1S/C23H29N3O5/c1-15-12-21(24-31-15)26-22(27)14-18(23(26)28)25-10-8-16(9-11-25)4-5-17-6-7-19(29-2)20(13-17)30-3/h6-7,12-13,16,18H,4-5,8-11,14H2,1-3H3/p+1/t18-/m1/s1. The Morgan fingerprint density at radius 3 is 2.52 bits per heavy atom. The minimum Gasteiger partial charge on any atom is -0.493 e. The Labute approximate surface area is 182 Å². The summed E-state index contributed by atoms with van der Waals surface area (Å²) < 4.78 is 15.7. The molecular formula is C23H30N3O5+. The number of aromatic nitrogens is 1. The lowest BCUT2D eigenvalue weighted by molar-refractivity contribution is -0.920. The van der Waals surface area contributed by atoms with Crippen molar-refractivity contribution in [2.45, 2.75) is 45.1 Å². The highest BCUT2D eigenvalue weighted by Gasteiger charge is 2.47. The van der Waals surface area contributed by atoms with Crippen molar-refractivity contribution in [1.29, 1.82) is 0 Å². The van der Waals surface area contributed by atoms with E-state index >= 15 is 0 Å². The Morgan fingerprint density at radius 1 is 1.13 bits per heavy atom. The van der Waals surface area contributed by atoms with Gasteiger partial charge in [0.1, 0.15) is 5.76 Å². The van der Waals surface area contributed by atoms with Gasteiger partial charge < -0.3 is 18.9 Å². The molecule has 2 aliphatic rings. The predicted octanol–water partition coefficient (Wildman–Crippen LogP) is 1.56. The summed E-state index contributed by atoms with van der Waals surface area (Å²) >= 11 is 0. The monoisotopic (exact) mass is 428 g/mol. The lowest BCUT2D eigenvalue weighted by Crippen LogP contribution is -3.17. The molecule has 0 spiro atoms. The summed E-state index contributed by atoms with van der Waals surface area (Å²) in [6.07, 6.45) is 4.45. The molecule has 0 radical (unpaired) electrons. The second kappa shape index (κ2) is 9.09. The molecule has 1 N–H and O–H groups in total. The number of imide groups is 1. The number of carbonyl (C=O) groups excluding carboxylic acids is 2. The van der Waals surface area contributed by atoms with Crippen molar-refractivity contribution >= 4 is 17.6 Å². The van der Waals surface area contributed by atoms with Crippen molar-refractivity contribution in [2.24, 2.45) is 5.92 Å². The van der Waals surface area contributed by atoms with Gasteiger partial charge in [-0.15, -0.1) is 0 Å². The molecule has 2 aromatic rings. The summed E-state index contributed by atoms with van der Waals surface area (Å²) in [6, 6.07) is 7.41. The number of methoxy groups -OCH3 is 2. The van der Waals surface area contributed by atoms with Crippen molar-refractivity contribution < 1.29 is 28.5 Å². The lowest BCUT2D eigenvalue weighted by Gasteiger charge is -2.32. The van der Waals surface area contributed by atoms with Crippen LogP contribution in [0.2, 0.25) is 0 Å². The van der Waals surface area contributed by atoms with Crippen molar-refractivity contribution in [3.8, 4) is 11.5 Å². The Hall–Kier alpha value is -2.87. The van der Waals surface area contributed by atoms with E-state index in [1.165, 1.54) is 15.4 Å². The fourth-order valence-electron chi connectivity index (χ4n) is 4.74. The van der Waals surface area contributed by atoms with Gasteiger partial charge >= 0.3 is 0 Å². The molecule has 0 unspecified atom stereocenters. The highest BCUT2D eigenvalue weighted by Crippen LogP contribution is 2.29. The van der Waals surface area contributed by atoms with Gasteiger partial charge in [-0.2, -0.15) is 0 Å². The number of rotatable bonds is 7. The largest absolute Gasteiger partial charge is 0.493 e. The summed E-state index contributed by atoms with van der Waals surface area (Å²) in [5.74, 6) is 2.67. The van der Waals surface area contributed by atoms with E-state index in [1.807, 2.05) is 12.1 Å². The number of quaternary nitrogens is 1. The molecule has 1 aromatic heterocycles. The first-order valence-electron chi connectivity index (χ1n) is 10.9. The molecule has 2 amide bonds. The first-order valence-corrected chi connectivity index (χ1v) is 10.9. The zero-order chi connectivity index (χ0) is 22.0. The van der Waals surface area contributed by atoms with Gasteiger partial charge in [-0.3, -0.25) is 9.59 Å². The van der Waals surface area contributed by atoms with Gasteiger partial charge in [-0.1, -0.05) is 11.2 Å². The van der Waals surface area contributed by atoms with Crippen molar-refractivity contribution in [1.82, 2.24) is 5.16 Å². The van der Waals surface area contributed by atoms with Crippen molar-refractivity contribution in [3.05, 3.63) is 35.6 Å². The molecule has 1 atom stereocenters. The highest BCUT2D eigenvalue weighted by molar-refractivity contribution is 6.21. The number of piperidine rings is 1. The van der Waals surface area contributed by atoms with Gasteiger partial charge in [-0.25, -0.2) is 4.90 Å². The Kier molecular flexibility index (Phi) is 6.27. The first-order chi connectivity index (χ1) is 15.0. The first kappa shape index (κ1) is 21.4. The Morgan fingerprint density at radius 2 is 1.87 bits per heavy atom. The van der Waals surface area contributed by atoms with Gasteiger partial charge in [0.2, 0.25) is 5.91 Å². The van der Waals surface area contributed by atoms with Crippen LogP contribution in [0.5, 0.6) is 11.5 Å². The second-order valence-electron chi connectivity index (χ2n) is 8.45. The fourth-order valence-corrected chi connectivity index (χ4v) is 4.74. The van der Waals surface area contributed by atoms with Crippen LogP contribution in [0.1, 0.15) is 37.0 Å². The summed E-state index contributed by atoms with van der Waals surface area (Å²) in [7, 11) is 3.29. The van der Waals surface area contributed by atoms with E-state index in [2.05, 4.69) is 11.2 Å². The molecule has 4 rings (SSSR count). The molecule has 166 valence electrons. The zero-order valence-electron chi connectivity index (χ0n) is 18.3. The van der Waals surface area contributed by atoms with Gasteiger partial charge in [0.15, 0.2) is 23.4 Å². The van der Waals surface area contributed by atoms with Crippen LogP contribution in [-0.4, -0.2) is 50.3 Å². The Balaban J connectivity index is 1.30. The van der Waals surface area contributed by atoms with Gasteiger partial charge in [0.25, 0.3) is 5.91 Å². The molecule has 2 fully saturated rings. The molecule has 1 aromatic carbocycles. The van der Waals surface area contributed by atoms with E-state index in [1.54, 1.807) is 27.2 Å². The maximum absolute atomic E-state index is 12.9. The van der Waals surface area contributed by atoms with Gasteiger partial charge in [-0.05, 0) is 56.2 Å². The fraction of sp³-hybridized carbons (Fsp3) is 0.522. The van der Waals surface area contributed by atoms with Gasteiger partial charge in [0, 0.05) is 6.07 Å². The molecule has 31 heavy (non-hydrogen) atoms. The zero-order valence-corrected chi connectivity index (χ0v) is 18.3. The molecule has 0 bridgehead atoms. The summed E-state index contributed by atoms with van der Waals surface area (Å²) in [6.45, 7) is 3.56. The molecular weight excluding hydrogens is 398 g/mol. The normalized spacial score (nSPS) is 24.0. The maximum Gasteiger partial charge on any atom is 0.293 e. The van der Waals surface area contributed by atoms with Crippen LogP contribution in [0, 0.1) is 12.8 Å². The smallest absolute Gasteiger partial charge is 0.293 e. The molecule has 8 heteroatoms. The third kappa shape index (κ3) is 4.44. The number of anilines is 1. The van der Waals surface area contributed by atoms with Crippen LogP contribution in [0.25, 0.3) is 0 Å². The van der Waals surface area contributed by atoms with E-state index in [9.17, 15) is 9.59 Å². The quantitative estimate of drug-likeness (QED) is 0.674. The number of nitrogens with zero attached hydrogens (tertiary/aromatic N) is 2. The average molecular weight is 429 g/mol. The number of benzene rings is 1. The number of hydrogen-bond acceptors (Lipinski definition) is 6. The van der Waals surface area contributed by atoms with E-state index < -0.39 is 0 Å². The van der Waals surface area contributed by atoms with E-state index in [0.29, 0.717) is 17.5 Å². The maximum atomic E-state index is 12.9. The van der Waals surface area contributed by atoms with Crippen LogP contribution in [0.15, 0.2) is 28.8 Å². The predicted molar refractivity (Wildman–Crippen MR) is 113 cm³/mol. The SMILES string of the molecule is COc1ccc(CCC2CC[NH+]([C@@H]3CC(=O)N(c4cc(C)on4)C3=O)CC2)cc1OC. The molecule has 3 heterocycles. The van der Waals surface area contributed by atoms with Crippen LogP contribution in [-0.2, 0) is 16.0 Å². The molecule has 0 saturated carbocycles. The van der Waals surface area contributed by atoms with E-state index in [4.69, 9.17) is 14.0 Å². The molecule has 8 nitrogen and oxygen atoms in total. The number of carbonyl (C=O) groups is 2. The number of likely N-dealkylation sites (tertiary alicyclic amines) is 1. The summed E-state index contributed by atoms with van der Waals surface area (Å²) in [5.41, 5.74) is 1.24. The summed E-state index contributed by atoms with van der Waals surface area (Å²) in [5, 5.41) is 3.85. The topological polar surface area (TPSA) is 86.3 Å². The van der Waals surface area contributed by atoms with Crippen LogP contribution in [0.3, 0.4) is 0 Å². The molecule has 2 saturated heterocycles. The van der Waals surface area contributed by atoms with Crippen molar-refractivity contribution in [2.75, 3.05) is 32.2 Å². The second-order valence-corrected chi connectivity index (χ2v) is 8.45. The lowest BCUT2D eigenvalue weighted by atomic mass is 9.89. The van der Waals surface area contributed by atoms with Crippen molar-refractivity contribution in [3.63, 3.8) is 0 Å². The van der Waals surface area contributed by atoms with Crippen LogP contribution < -0.4 is 19.3 Å². The van der Waals surface area contributed by atoms with Crippen LogP contribution in [0.4, 0.5) is 5.82 Å². The number of hydrogen-bond donors (Lipinski definition) is 1. The van der Waals surface area contributed by atoms with Gasteiger partial charge in [0.05, 0.1) is 33.7 Å². The third-order valence-corrected chi connectivity index (χ3v) is 6.52. The summed E-state index contributed by atoms with van der Waals surface area (Å²) in [4.78, 5) is 27.8. The highest BCUT2D eigenvalue weighted by atomic mass is 16.5.